The lowest BCUT2D eigenvalue weighted by Gasteiger charge is -2.35. The second-order valence-electron chi connectivity index (χ2n) is 6.79. The highest BCUT2D eigenvalue weighted by Crippen LogP contribution is 2.36. The van der Waals surface area contributed by atoms with Crippen LogP contribution in [0.5, 0.6) is 0 Å². The van der Waals surface area contributed by atoms with Gasteiger partial charge in [-0.2, -0.15) is 13.2 Å². The Morgan fingerprint density at radius 3 is 2.62 bits per heavy atom. The molecule has 3 nitrogen and oxygen atoms in total. The molecule has 1 heterocycles. The summed E-state index contributed by atoms with van der Waals surface area (Å²) >= 11 is 0. The van der Waals surface area contributed by atoms with Crippen LogP contribution in [0, 0.1) is 5.92 Å². The largest absolute Gasteiger partial charge is 0.416 e. The second kappa shape index (κ2) is 7.55. The third-order valence-electron chi connectivity index (χ3n) is 4.83. The smallest absolute Gasteiger partial charge is 0.342 e. The molecule has 1 aliphatic heterocycles. The fourth-order valence-electron chi connectivity index (χ4n) is 3.35. The maximum absolute atomic E-state index is 13.1. The first-order valence-electron chi connectivity index (χ1n) is 8.39. The monoisotopic (exact) mass is 342 g/mol. The molecule has 134 valence electrons. The molecule has 0 aliphatic carbocycles. The number of hydrogen-bond donors (Lipinski definition) is 1. The van der Waals surface area contributed by atoms with E-state index in [0.717, 1.165) is 18.9 Å². The topological polar surface area (TPSA) is 46.3 Å². The van der Waals surface area contributed by atoms with Gasteiger partial charge in [0.15, 0.2) is 0 Å². The minimum Gasteiger partial charge on any atom is -0.342 e. The Labute approximate surface area is 141 Å². The lowest BCUT2D eigenvalue weighted by atomic mass is 9.90. The van der Waals surface area contributed by atoms with Gasteiger partial charge in [0.25, 0.3) is 0 Å². The molecule has 2 rings (SSSR count). The summed E-state index contributed by atoms with van der Waals surface area (Å²) in [7, 11) is 0. The number of likely N-dealkylation sites (tertiary alicyclic amines) is 1. The Kier molecular flexibility index (Phi) is 5.91. The Bertz CT molecular complexity index is 572. The standard InChI is InChI=1S/C18H25F3N2O/c1-12(15-7-3-4-8-16(15)18(19,20)21)10-17(24)23-9-5-6-14(11-23)13(2)22/h3-4,7-8,12-14H,5-6,9-11,22H2,1-2H3/t12-,13-,14+/m1/s1. The van der Waals surface area contributed by atoms with Gasteiger partial charge in [-0.05, 0) is 43.2 Å². The number of nitrogens with zero attached hydrogens (tertiary/aromatic N) is 1. The molecule has 0 bridgehead atoms. The molecular formula is C18H25F3N2O. The summed E-state index contributed by atoms with van der Waals surface area (Å²) in [4.78, 5) is 14.3. The van der Waals surface area contributed by atoms with Crippen molar-refractivity contribution in [3.8, 4) is 0 Å². The number of rotatable bonds is 4. The summed E-state index contributed by atoms with van der Waals surface area (Å²) in [5, 5.41) is 0. The molecule has 6 heteroatoms. The highest BCUT2D eigenvalue weighted by atomic mass is 19.4. The zero-order valence-electron chi connectivity index (χ0n) is 14.1. The van der Waals surface area contributed by atoms with Gasteiger partial charge in [0.1, 0.15) is 0 Å². The van der Waals surface area contributed by atoms with Gasteiger partial charge in [-0.25, -0.2) is 0 Å². The van der Waals surface area contributed by atoms with Gasteiger partial charge in [0.2, 0.25) is 5.91 Å². The van der Waals surface area contributed by atoms with Crippen LogP contribution in [0.1, 0.15) is 50.2 Å². The van der Waals surface area contributed by atoms with Crippen LogP contribution in [-0.4, -0.2) is 29.9 Å². The second-order valence-corrected chi connectivity index (χ2v) is 6.79. The molecule has 3 atom stereocenters. The average Bonchev–Trinajstić information content (AvgIpc) is 2.54. The molecular weight excluding hydrogens is 317 g/mol. The first-order chi connectivity index (χ1) is 11.2. The van der Waals surface area contributed by atoms with Crippen LogP contribution >= 0.6 is 0 Å². The molecule has 1 aliphatic rings. The van der Waals surface area contributed by atoms with Crippen molar-refractivity contribution in [2.45, 2.75) is 51.2 Å². The van der Waals surface area contributed by atoms with Gasteiger partial charge in [-0.3, -0.25) is 4.79 Å². The van der Waals surface area contributed by atoms with E-state index in [1.807, 2.05) is 6.92 Å². The number of halogens is 3. The van der Waals surface area contributed by atoms with E-state index in [1.54, 1.807) is 17.9 Å². The number of carbonyl (C=O) groups is 1. The highest BCUT2D eigenvalue weighted by Gasteiger charge is 2.35. The first kappa shape index (κ1) is 18.8. The third-order valence-corrected chi connectivity index (χ3v) is 4.83. The molecule has 2 N–H and O–H groups in total. The van der Waals surface area contributed by atoms with E-state index in [0.29, 0.717) is 13.1 Å². The minimum absolute atomic E-state index is 0.0176. The molecule has 24 heavy (non-hydrogen) atoms. The third kappa shape index (κ3) is 4.50. The van der Waals surface area contributed by atoms with Crippen LogP contribution in [0.15, 0.2) is 24.3 Å². The fraction of sp³-hybridized carbons (Fsp3) is 0.611. The predicted octanol–water partition coefficient (Wildman–Crippen LogP) is 3.78. The van der Waals surface area contributed by atoms with Gasteiger partial charge in [0.05, 0.1) is 5.56 Å². The van der Waals surface area contributed by atoms with Crippen LogP contribution in [0.4, 0.5) is 13.2 Å². The summed E-state index contributed by atoms with van der Waals surface area (Å²) in [6.07, 6.45) is -2.43. The number of hydrogen-bond acceptors (Lipinski definition) is 2. The Morgan fingerprint density at radius 1 is 1.33 bits per heavy atom. The summed E-state index contributed by atoms with van der Waals surface area (Å²) in [5.41, 5.74) is 5.45. The fourth-order valence-corrected chi connectivity index (χ4v) is 3.35. The molecule has 0 radical (unpaired) electrons. The number of amides is 1. The van der Waals surface area contributed by atoms with E-state index in [1.165, 1.54) is 12.1 Å². The number of carbonyl (C=O) groups excluding carboxylic acids is 1. The normalized spacial score (nSPS) is 21.4. The molecule has 1 aromatic rings. The minimum atomic E-state index is -4.40. The van der Waals surface area contributed by atoms with Gasteiger partial charge in [-0.15, -0.1) is 0 Å². The van der Waals surface area contributed by atoms with E-state index >= 15 is 0 Å². The first-order valence-corrected chi connectivity index (χ1v) is 8.39. The Hall–Kier alpha value is -1.56. The van der Waals surface area contributed by atoms with Crippen LogP contribution < -0.4 is 5.73 Å². The Morgan fingerprint density at radius 2 is 2.00 bits per heavy atom. The van der Waals surface area contributed by atoms with Gasteiger partial charge >= 0.3 is 6.18 Å². The van der Waals surface area contributed by atoms with E-state index in [-0.39, 0.29) is 29.9 Å². The van der Waals surface area contributed by atoms with Gasteiger partial charge in [0, 0.05) is 25.6 Å². The maximum Gasteiger partial charge on any atom is 0.416 e. The summed E-state index contributed by atoms with van der Waals surface area (Å²) in [6, 6.07) is 5.51. The molecule has 0 spiro atoms. The number of benzene rings is 1. The molecule has 0 aromatic heterocycles. The van der Waals surface area contributed by atoms with Gasteiger partial charge < -0.3 is 10.6 Å². The van der Waals surface area contributed by atoms with E-state index in [2.05, 4.69) is 0 Å². The van der Waals surface area contributed by atoms with E-state index in [9.17, 15) is 18.0 Å². The molecule has 1 amide bonds. The lowest BCUT2D eigenvalue weighted by molar-refractivity contribution is -0.139. The average molecular weight is 342 g/mol. The Balaban J connectivity index is 2.07. The number of alkyl halides is 3. The maximum atomic E-state index is 13.1. The van der Waals surface area contributed by atoms with Crippen LogP contribution in [0.2, 0.25) is 0 Å². The predicted molar refractivity (Wildman–Crippen MR) is 87.4 cm³/mol. The molecule has 1 fully saturated rings. The summed E-state index contributed by atoms with van der Waals surface area (Å²) in [6.45, 7) is 4.87. The van der Waals surface area contributed by atoms with Crippen molar-refractivity contribution in [1.29, 1.82) is 0 Å². The van der Waals surface area contributed by atoms with Crippen molar-refractivity contribution < 1.29 is 18.0 Å². The van der Waals surface area contributed by atoms with Crippen LogP contribution in [-0.2, 0) is 11.0 Å². The summed E-state index contributed by atoms with van der Waals surface area (Å²) in [5.74, 6) is -0.309. The molecule has 0 saturated carbocycles. The van der Waals surface area contributed by atoms with Crippen molar-refractivity contribution in [2.24, 2.45) is 11.7 Å². The zero-order valence-corrected chi connectivity index (χ0v) is 14.1. The molecule has 0 unspecified atom stereocenters. The number of nitrogens with two attached hydrogens (primary N) is 1. The number of piperidine rings is 1. The molecule has 1 saturated heterocycles. The van der Waals surface area contributed by atoms with Crippen molar-refractivity contribution in [3.05, 3.63) is 35.4 Å². The quantitative estimate of drug-likeness (QED) is 0.905. The van der Waals surface area contributed by atoms with E-state index < -0.39 is 17.7 Å². The lowest BCUT2D eigenvalue weighted by Crippen LogP contribution is -2.45. The molecule has 1 aromatic carbocycles. The highest BCUT2D eigenvalue weighted by molar-refractivity contribution is 5.77. The van der Waals surface area contributed by atoms with Crippen LogP contribution in [0.3, 0.4) is 0 Å². The van der Waals surface area contributed by atoms with Crippen LogP contribution in [0.25, 0.3) is 0 Å². The van der Waals surface area contributed by atoms with E-state index in [4.69, 9.17) is 5.73 Å². The zero-order chi connectivity index (χ0) is 17.9. The van der Waals surface area contributed by atoms with Crippen molar-refractivity contribution in [1.82, 2.24) is 4.90 Å². The van der Waals surface area contributed by atoms with Crippen molar-refractivity contribution >= 4 is 5.91 Å². The van der Waals surface area contributed by atoms with Gasteiger partial charge in [-0.1, -0.05) is 25.1 Å². The van der Waals surface area contributed by atoms with Crippen molar-refractivity contribution in [3.63, 3.8) is 0 Å². The SMILES string of the molecule is C[C@H](CC(=O)N1CCC[C@H]([C@@H](C)N)C1)c1ccccc1C(F)(F)F. The summed E-state index contributed by atoms with van der Waals surface area (Å²) < 4.78 is 39.4. The van der Waals surface area contributed by atoms with Crippen molar-refractivity contribution in [2.75, 3.05) is 13.1 Å².